The normalized spacial score (nSPS) is 18.4. The van der Waals surface area contributed by atoms with Gasteiger partial charge in [0.1, 0.15) is 0 Å². The van der Waals surface area contributed by atoms with Crippen LogP contribution in [0.2, 0.25) is 0 Å². The molecule has 1 amide bonds. The number of benzene rings is 1. The maximum Gasteiger partial charge on any atom is 0.303 e. The number of aliphatic carboxylic acids is 1. The van der Waals surface area contributed by atoms with Gasteiger partial charge in [0.25, 0.3) is 0 Å². The van der Waals surface area contributed by atoms with Crippen LogP contribution in [0.1, 0.15) is 83.1 Å². The van der Waals surface area contributed by atoms with Crippen LogP contribution in [0.5, 0.6) is 0 Å². The van der Waals surface area contributed by atoms with Crippen molar-refractivity contribution in [1.82, 2.24) is 4.90 Å². The van der Waals surface area contributed by atoms with E-state index in [1.807, 2.05) is 17.1 Å². The third-order valence-electron chi connectivity index (χ3n) is 6.60. The van der Waals surface area contributed by atoms with Crippen molar-refractivity contribution < 1.29 is 19.8 Å². The van der Waals surface area contributed by atoms with Crippen LogP contribution in [0.4, 0.5) is 0 Å². The number of carbonyl (C=O) groups excluding carboxylic acids is 1. The number of aryl methyl sites for hydroxylation is 1. The van der Waals surface area contributed by atoms with Crippen molar-refractivity contribution in [3.05, 3.63) is 48.0 Å². The lowest BCUT2D eigenvalue weighted by Crippen LogP contribution is -2.34. The van der Waals surface area contributed by atoms with Crippen molar-refractivity contribution in [3.63, 3.8) is 0 Å². The fourth-order valence-corrected chi connectivity index (χ4v) is 4.48. The van der Waals surface area contributed by atoms with Gasteiger partial charge in [-0.05, 0) is 62.8 Å². The number of aliphatic hydroxyl groups excluding tert-OH is 1. The number of aliphatic hydroxyl groups is 1. The molecule has 2 rings (SSSR count). The van der Waals surface area contributed by atoms with Crippen LogP contribution < -0.4 is 0 Å². The van der Waals surface area contributed by atoms with E-state index in [1.165, 1.54) is 18.4 Å². The second-order valence-electron chi connectivity index (χ2n) is 9.20. The van der Waals surface area contributed by atoms with Gasteiger partial charge in [0.15, 0.2) is 0 Å². The molecule has 1 aliphatic rings. The van der Waals surface area contributed by atoms with Gasteiger partial charge in [0.2, 0.25) is 5.91 Å². The first kappa shape index (κ1) is 26.1. The minimum atomic E-state index is -0.770. The fraction of sp³-hybridized carbons (Fsp3) is 0.630. The van der Waals surface area contributed by atoms with E-state index in [-0.39, 0.29) is 30.4 Å². The molecular formula is C27H41NO4. The summed E-state index contributed by atoms with van der Waals surface area (Å²) in [4.78, 5) is 24.7. The number of unbranched alkanes of at least 4 members (excludes halogenated alkanes) is 3. The van der Waals surface area contributed by atoms with Gasteiger partial charge in [-0.3, -0.25) is 9.59 Å². The standard InChI is InChI=1S/C27H41NO4/c1-22(12-6-4-7-13-23-14-8-5-9-15-23)25(29)19-17-24-18-20-26(30)28(24)21-11-3-2-10-16-27(31)32/h3,5,8-9,11,14-15,22,24-25,29H,2,4,6-7,10,12-13,16-21H2,1H3,(H,31,32)/t22-,24?,25+/m0/s1. The Bertz CT molecular complexity index is 703. The van der Waals surface area contributed by atoms with Crippen molar-refractivity contribution in [2.24, 2.45) is 5.92 Å². The van der Waals surface area contributed by atoms with Crippen molar-refractivity contribution in [2.75, 3.05) is 6.54 Å². The molecule has 0 radical (unpaired) electrons. The molecule has 1 aromatic rings. The number of nitrogens with zero attached hydrogens (tertiary/aromatic N) is 1. The van der Waals surface area contributed by atoms with Gasteiger partial charge in [0.05, 0.1) is 6.10 Å². The van der Waals surface area contributed by atoms with Crippen molar-refractivity contribution in [1.29, 1.82) is 0 Å². The van der Waals surface area contributed by atoms with Gasteiger partial charge in [-0.2, -0.15) is 0 Å². The molecular weight excluding hydrogens is 402 g/mol. The first-order valence-corrected chi connectivity index (χ1v) is 12.4. The minimum absolute atomic E-state index is 0.179. The summed E-state index contributed by atoms with van der Waals surface area (Å²) in [5.41, 5.74) is 1.39. The van der Waals surface area contributed by atoms with Gasteiger partial charge in [-0.1, -0.05) is 62.2 Å². The molecule has 1 heterocycles. The number of carboxylic acid groups (broad SMARTS) is 1. The highest BCUT2D eigenvalue weighted by Gasteiger charge is 2.30. The van der Waals surface area contributed by atoms with Crippen LogP contribution in [0.25, 0.3) is 0 Å². The van der Waals surface area contributed by atoms with Gasteiger partial charge < -0.3 is 15.1 Å². The monoisotopic (exact) mass is 443 g/mol. The quantitative estimate of drug-likeness (QED) is 0.266. The van der Waals surface area contributed by atoms with E-state index in [0.717, 1.165) is 44.9 Å². The number of hydrogen-bond acceptors (Lipinski definition) is 3. The Morgan fingerprint density at radius 3 is 2.66 bits per heavy atom. The van der Waals surface area contributed by atoms with Crippen LogP contribution in [-0.2, 0) is 16.0 Å². The zero-order valence-corrected chi connectivity index (χ0v) is 19.6. The first-order chi connectivity index (χ1) is 15.5. The van der Waals surface area contributed by atoms with Crippen molar-refractivity contribution >= 4 is 11.9 Å². The van der Waals surface area contributed by atoms with E-state index in [2.05, 4.69) is 37.3 Å². The number of amides is 1. The molecule has 0 spiro atoms. The summed E-state index contributed by atoms with van der Waals surface area (Å²) in [5.74, 6) is -0.300. The predicted octanol–water partition coefficient (Wildman–Crippen LogP) is 5.37. The minimum Gasteiger partial charge on any atom is -0.481 e. The smallest absolute Gasteiger partial charge is 0.303 e. The largest absolute Gasteiger partial charge is 0.481 e. The molecule has 1 aliphatic heterocycles. The van der Waals surface area contributed by atoms with E-state index in [9.17, 15) is 14.7 Å². The predicted molar refractivity (Wildman–Crippen MR) is 128 cm³/mol. The molecule has 1 fully saturated rings. The Kier molecular flexibility index (Phi) is 12.1. The highest BCUT2D eigenvalue weighted by molar-refractivity contribution is 5.78. The van der Waals surface area contributed by atoms with Gasteiger partial charge >= 0.3 is 5.97 Å². The summed E-state index contributed by atoms with van der Waals surface area (Å²) in [6.07, 6.45) is 13.9. The Morgan fingerprint density at radius 2 is 1.91 bits per heavy atom. The summed E-state index contributed by atoms with van der Waals surface area (Å²) in [7, 11) is 0. The molecule has 0 saturated carbocycles. The SMILES string of the molecule is C[C@@H](CCCCCc1ccccc1)[C@H](O)CCC1CCC(=O)N1CC=CCCCC(=O)O. The zero-order valence-electron chi connectivity index (χ0n) is 19.6. The van der Waals surface area contributed by atoms with Crippen LogP contribution >= 0.6 is 0 Å². The van der Waals surface area contributed by atoms with Gasteiger partial charge in [-0.15, -0.1) is 0 Å². The van der Waals surface area contributed by atoms with E-state index in [4.69, 9.17) is 5.11 Å². The Labute approximate surface area is 193 Å². The lowest BCUT2D eigenvalue weighted by Gasteiger charge is -2.26. The van der Waals surface area contributed by atoms with Gasteiger partial charge in [-0.25, -0.2) is 0 Å². The van der Waals surface area contributed by atoms with Crippen LogP contribution in [0.3, 0.4) is 0 Å². The van der Waals surface area contributed by atoms with Crippen molar-refractivity contribution in [2.45, 2.75) is 96.1 Å². The Morgan fingerprint density at radius 1 is 1.12 bits per heavy atom. The topological polar surface area (TPSA) is 77.8 Å². The van der Waals surface area contributed by atoms with Gasteiger partial charge in [0, 0.05) is 25.4 Å². The Hall–Kier alpha value is -2.14. The third-order valence-corrected chi connectivity index (χ3v) is 6.60. The van der Waals surface area contributed by atoms with E-state index < -0.39 is 5.97 Å². The maximum atomic E-state index is 12.2. The molecule has 5 nitrogen and oxygen atoms in total. The average Bonchev–Trinajstić information content (AvgIpc) is 3.13. The number of rotatable bonds is 16. The summed E-state index contributed by atoms with van der Waals surface area (Å²) < 4.78 is 0. The fourth-order valence-electron chi connectivity index (χ4n) is 4.48. The maximum absolute atomic E-state index is 12.2. The summed E-state index contributed by atoms with van der Waals surface area (Å²) in [5, 5.41) is 19.3. The molecule has 2 N–H and O–H groups in total. The number of carboxylic acids is 1. The molecule has 0 aromatic heterocycles. The Balaban J connectivity index is 1.61. The van der Waals surface area contributed by atoms with Crippen LogP contribution in [-0.4, -0.2) is 45.7 Å². The molecule has 0 aliphatic carbocycles. The molecule has 1 unspecified atom stereocenters. The van der Waals surface area contributed by atoms with E-state index in [1.54, 1.807) is 0 Å². The molecule has 32 heavy (non-hydrogen) atoms. The average molecular weight is 444 g/mol. The second kappa shape index (κ2) is 14.8. The summed E-state index contributed by atoms with van der Waals surface area (Å²) >= 11 is 0. The lowest BCUT2D eigenvalue weighted by atomic mass is 9.92. The zero-order chi connectivity index (χ0) is 23.2. The van der Waals surface area contributed by atoms with E-state index >= 15 is 0 Å². The highest BCUT2D eigenvalue weighted by Crippen LogP contribution is 2.25. The lowest BCUT2D eigenvalue weighted by molar-refractivity contribution is -0.137. The van der Waals surface area contributed by atoms with Crippen LogP contribution in [0.15, 0.2) is 42.5 Å². The number of likely N-dealkylation sites (tertiary alicyclic amines) is 1. The molecule has 1 aromatic carbocycles. The molecule has 5 heteroatoms. The number of carbonyl (C=O) groups is 2. The van der Waals surface area contributed by atoms with Crippen LogP contribution in [0, 0.1) is 5.92 Å². The highest BCUT2D eigenvalue weighted by atomic mass is 16.4. The molecule has 3 atom stereocenters. The first-order valence-electron chi connectivity index (χ1n) is 12.4. The summed E-state index contributed by atoms with van der Waals surface area (Å²) in [6.45, 7) is 2.73. The number of hydrogen-bond donors (Lipinski definition) is 2. The second-order valence-corrected chi connectivity index (χ2v) is 9.20. The molecule has 178 valence electrons. The van der Waals surface area contributed by atoms with E-state index in [0.29, 0.717) is 19.4 Å². The molecule has 1 saturated heterocycles. The summed E-state index contributed by atoms with van der Waals surface area (Å²) in [6, 6.07) is 10.8. The third kappa shape index (κ3) is 9.99. The molecule has 0 bridgehead atoms. The number of allylic oxidation sites excluding steroid dienone is 1. The van der Waals surface area contributed by atoms with Crippen molar-refractivity contribution in [3.8, 4) is 0 Å².